The third-order valence-corrected chi connectivity index (χ3v) is 2.77. The molecule has 0 spiro atoms. The molecule has 0 aliphatic heterocycles. The fourth-order valence-corrected chi connectivity index (χ4v) is 2.02. The number of rotatable bonds is 3. The van der Waals surface area contributed by atoms with Crippen molar-refractivity contribution in [2.75, 3.05) is 14.2 Å². The molecule has 0 unspecified atom stereocenters. The lowest BCUT2D eigenvalue weighted by molar-refractivity contribution is -0.132. The molecular weight excluding hydrogens is 264 g/mol. The molecule has 2 rings (SSSR count). The van der Waals surface area contributed by atoms with Crippen molar-refractivity contribution in [2.24, 2.45) is 0 Å². The van der Waals surface area contributed by atoms with Gasteiger partial charge in [-0.2, -0.15) is 0 Å². The van der Waals surface area contributed by atoms with Crippen LogP contribution in [0.2, 0.25) is 0 Å². The summed E-state index contributed by atoms with van der Waals surface area (Å²) >= 11 is 0. The highest BCUT2D eigenvalue weighted by Gasteiger charge is 2.21. The zero-order chi connectivity index (χ0) is 14.9. The second-order valence-electron chi connectivity index (χ2n) is 4.16. The van der Waals surface area contributed by atoms with Gasteiger partial charge in [0.15, 0.2) is 11.5 Å². The number of carbonyl (C=O) groups excluding carboxylic acids is 1. The molecule has 0 saturated carbocycles. The summed E-state index contributed by atoms with van der Waals surface area (Å²) in [4.78, 5) is 22.7. The van der Waals surface area contributed by atoms with E-state index in [0.717, 1.165) is 0 Å². The predicted octanol–water partition coefficient (Wildman–Crippen LogP) is 2.04. The maximum atomic E-state index is 11.4. The van der Waals surface area contributed by atoms with Crippen LogP contribution in [0.25, 0.3) is 11.0 Å². The molecule has 1 aromatic heterocycles. The second-order valence-corrected chi connectivity index (χ2v) is 4.16. The monoisotopic (exact) mass is 278 g/mol. The summed E-state index contributed by atoms with van der Waals surface area (Å²) in [5.74, 6) is 0.192. The van der Waals surface area contributed by atoms with E-state index < -0.39 is 11.6 Å². The quantitative estimate of drug-likeness (QED) is 0.486. The van der Waals surface area contributed by atoms with E-state index in [-0.39, 0.29) is 17.2 Å². The molecule has 6 heteroatoms. The zero-order valence-corrected chi connectivity index (χ0v) is 11.6. The largest absolute Gasteiger partial charge is 0.493 e. The molecule has 6 nitrogen and oxygen atoms in total. The molecule has 0 atom stereocenters. The first kappa shape index (κ1) is 13.9. The van der Waals surface area contributed by atoms with Gasteiger partial charge in [0.1, 0.15) is 5.58 Å². The molecule has 0 fully saturated rings. The highest BCUT2D eigenvalue weighted by atomic mass is 16.6. The van der Waals surface area contributed by atoms with Gasteiger partial charge >= 0.3 is 11.6 Å². The van der Waals surface area contributed by atoms with Crippen LogP contribution < -0.4 is 19.8 Å². The number of hydrogen-bond acceptors (Lipinski definition) is 6. The van der Waals surface area contributed by atoms with Crippen molar-refractivity contribution in [3.05, 3.63) is 28.1 Å². The molecule has 20 heavy (non-hydrogen) atoms. The topological polar surface area (TPSA) is 75.0 Å². The molecule has 106 valence electrons. The van der Waals surface area contributed by atoms with Crippen LogP contribution in [0.3, 0.4) is 0 Å². The standard InChI is InChI=1S/C14H14O6/c1-7-5-11(16)20-9-6-10(17-3)13(19-8(2)15)14(18-4)12(7)9/h5-6H,1-4H3. The van der Waals surface area contributed by atoms with Crippen LogP contribution >= 0.6 is 0 Å². The molecule has 0 amide bonds. The summed E-state index contributed by atoms with van der Waals surface area (Å²) in [6.45, 7) is 3.02. The van der Waals surface area contributed by atoms with Crippen molar-refractivity contribution in [1.29, 1.82) is 0 Å². The molecule has 0 aliphatic carbocycles. The Balaban J connectivity index is 2.90. The summed E-state index contributed by atoms with van der Waals surface area (Å²) in [5, 5.41) is 0.559. The lowest BCUT2D eigenvalue weighted by atomic mass is 10.1. The molecule has 0 saturated heterocycles. The summed E-state index contributed by atoms with van der Waals surface area (Å²) in [7, 11) is 2.85. The third kappa shape index (κ3) is 2.32. The van der Waals surface area contributed by atoms with E-state index in [1.165, 1.54) is 33.3 Å². The van der Waals surface area contributed by atoms with Crippen LogP contribution in [0, 0.1) is 6.92 Å². The fourth-order valence-electron chi connectivity index (χ4n) is 2.02. The fraction of sp³-hybridized carbons (Fsp3) is 0.286. The molecule has 1 aromatic carbocycles. The van der Waals surface area contributed by atoms with Crippen molar-refractivity contribution in [3.63, 3.8) is 0 Å². The first-order valence-corrected chi connectivity index (χ1v) is 5.85. The Morgan fingerprint density at radius 2 is 1.85 bits per heavy atom. The van der Waals surface area contributed by atoms with E-state index >= 15 is 0 Å². The third-order valence-electron chi connectivity index (χ3n) is 2.77. The van der Waals surface area contributed by atoms with E-state index in [0.29, 0.717) is 16.5 Å². The summed E-state index contributed by atoms with van der Waals surface area (Å²) < 4.78 is 20.7. The van der Waals surface area contributed by atoms with E-state index in [4.69, 9.17) is 18.6 Å². The van der Waals surface area contributed by atoms with Crippen LogP contribution in [0.4, 0.5) is 0 Å². The Morgan fingerprint density at radius 1 is 1.15 bits per heavy atom. The first-order chi connectivity index (χ1) is 9.47. The number of esters is 1. The lowest BCUT2D eigenvalue weighted by Crippen LogP contribution is -2.06. The zero-order valence-electron chi connectivity index (χ0n) is 11.6. The Hall–Kier alpha value is -2.50. The van der Waals surface area contributed by atoms with Crippen molar-refractivity contribution in [1.82, 2.24) is 0 Å². The minimum absolute atomic E-state index is 0.159. The molecular formula is C14H14O6. The van der Waals surface area contributed by atoms with Crippen LogP contribution in [-0.2, 0) is 4.79 Å². The number of fused-ring (bicyclic) bond motifs is 1. The lowest BCUT2D eigenvalue weighted by Gasteiger charge is -2.15. The minimum atomic E-state index is -0.504. The Labute approximate surface area is 114 Å². The van der Waals surface area contributed by atoms with Crippen molar-refractivity contribution in [2.45, 2.75) is 13.8 Å². The van der Waals surface area contributed by atoms with Crippen LogP contribution in [0.5, 0.6) is 17.2 Å². The maximum Gasteiger partial charge on any atom is 0.336 e. The van der Waals surface area contributed by atoms with Crippen molar-refractivity contribution < 1.29 is 23.4 Å². The SMILES string of the molecule is COc1cc2oc(=O)cc(C)c2c(OC)c1OC(C)=O. The number of benzene rings is 1. The average molecular weight is 278 g/mol. The van der Waals surface area contributed by atoms with Gasteiger partial charge in [-0.15, -0.1) is 0 Å². The number of methoxy groups -OCH3 is 2. The van der Waals surface area contributed by atoms with Gasteiger partial charge in [-0.1, -0.05) is 0 Å². The number of aryl methyl sites for hydroxylation is 1. The van der Waals surface area contributed by atoms with Crippen LogP contribution in [0.1, 0.15) is 12.5 Å². The van der Waals surface area contributed by atoms with E-state index in [9.17, 15) is 9.59 Å². The molecule has 2 aromatic rings. The maximum absolute atomic E-state index is 11.4. The van der Waals surface area contributed by atoms with E-state index in [1.54, 1.807) is 6.92 Å². The van der Waals surface area contributed by atoms with Crippen LogP contribution in [0.15, 0.2) is 21.3 Å². The minimum Gasteiger partial charge on any atom is -0.493 e. The highest BCUT2D eigenvalue weighted by molar-refractivity contribution is 5.92. The van der Waals surface area contributed by atoms with Crippen LogP contribution in [-0.4, -0.2) is 20.2 Å². The van der Waals surface area contributed by atoms with E-state index in [2.05, 4.69) is 0 Å². The van der Waals surface area contributed by atoms with Gasteiger partial charge in [-0.05, 0) is 12.5 Å². The summed E-state index contributed by atoms with van der Waals surface area (Å²) in [5.41, 5.74) is 0.489. The Bertz CT molecular complexity index is 729. The molecule has 0 N–H and O–H groups in total. The normalized spacial score (nSPS) is 10.4. The van der Waals surface area contributed by atoms with Gasteiger partial charge in [-0.25, -0.2) is 4.79 Å². The van der Waals surface area contributed by atoms with Gasteiger partial charge < -0.3 is 18.6 Å². The van der Waals surface area contributed by atoms with Gasteiger partial charge in [0.2, 0.25) is 5.75 Å². The molecule has 1 heterocycles. The molecule has 0 bridgehead atoms. The smallest absolute Gasteiger partial charge is 0.336 e. The Morgan fingerprint density at radius 3 is 2.40 bits per heavy atom. The van der Waals surface area contributed by atoms with Crippen molar-refractivity contribution >= 4 is 16.9 Å². The average Bonchev–Trinajstić information content (AvgIpc) is 2.37. The summed E-state index contributed by atoms with van der Waals surface area (Å²) in [6.07, 6.45) is 0. The van der Waals surface area contributed by atoms with Crippen molar-refractivity contribution in [3.8, 4) is 17.2 Å². The molecule has 0 radical (unpaired) electrons. The highest BCUT2D eigenvalue weighted by Crippen LogP contribution is 2.44. The first-order valence-electron chi connectivity index (χ1n) is 5.85. The van der Waals surface area contributed by atoms with Gasteiger partial charge in [0.05, 0.1) is 19.6 Å². The Kier molecular flexibility index (Phi) is 3.65. The molecule has 0 aliphatic rings. The predicted molar refractivity (Wildman–Crippen MR) is 71.6 cm³/mol. The van der Waals surface area contributed by atoms with E-state index in [1.807, 2.05) is 0 Å². The van der Waals surface area contributed by atoms with Gasteiger partial charge in [-0.3, -0.25) is 4.79 Å². The summed E-state index contributed by atoms with van der Waals surface area (Å²) in [6, 6.07) is 2.83. The van der Waals surface area contributed by atoms with Gasteiger partial charge in [0, 0.05) is 19.1 Å². The number of ether oxygens (including phenoxy) is 3. The van der Waals surface area contributed by atoms with Gasteiger partial charge in [0.25, 0.3) is 0 Å². The second kappa shape index (κ2) is 5.24. The number of carbonyl (C=O) groups is 1. The number of hydrogen-bond donors (Lipinski definition) is 0.